The molecule has 0 bridgehead atoms. The van der Waals surface area contributed by atoms with Gasteiger partial charge in [0.25, 0.3) is 0 Å². The van der Waals surface area contributed by atoms with Crippen molar-refractivity contribution in [3.8, 4) is 22.5 Å². The fraction of sp³-hybridized carbons (Fsp3) is 0.200. The average Bonchev–Trinajstić information content (AvgIpc) is 3.13. The first-order valence-corrected chi connectivity index (χ1v) is 11.1. The normalized spacial score (nSPS) is 11.0. The molecule has 0 aliphatic carbocycles. The van der Waals surface area contributed by atoms with Crippen LogP contribution in [-0.4, -0.2) is 14.5 Å². The minimum Gasteiger partial charge on any atom is -0.318 e. The Morgan fingerprint density at radius 3 is 2.27 bits per heavy atom. The van der Waals surface area contributed by atoms with Crippen molar-refractivity contribution >= 4 is 11.8 Å². The topological polar surface area (TPSA) is 30.7 Å². The Morgan fingerprint density at radius 2 is 1.60 bits per heavy atom. The van der Waals surface area contributed by atoms with Gasteiger partial charge in [-0.25, -0.2) is 9.37 Å². The molecule has 0 radical (unpaired) electrons. The Morgan fingerprint density at radius 1 is 0.900 bits per heavy atom. The Balaban J connectivity index is 1.79. The van der Waals surface area contributed by atoms with Gasteiger partial charge in [0, 0.05) is 35.8 Å². The van der Waals surface area contributed by atoms with E-state index >= 15 is 0 Å². The first-order chi connectivity index (χ1) is 14.7. The number of hydrogen-bond acceptors (Lipinski definition) is 3. The Hall–Kier alpha value is -2.92. The van der Waals surface area contributed by atoms with Crippen molar-refractivity contribution < 1.29 is 4.39 Å². The number of thioether (sulfide) groups is 1. The second-order valence-corrected chi connectivity index (χ2v) is 8.20. The van der Waals surface area contributed by atoms with Crippen LogP contribution in [-0.2, 0) is 12.3 Å². The molecule has 0 aliphatic heterocycles. The minimum absolute atomic E-state index is 0.244. The predicted octanol–water partition coefficient (Wildman–Crippen LogP) is 6.76. The van der Waals surface area contributed by atoms with E-state index in [4.69, 9.17) is 4.98 Å². The van der Waals surface area contributed by atoms with Gasteiger partial charge in [-0.1, -0.05) is 48.5 Å². The van der Waals surface area contributed by atoms with Gasteiger partial charge in [0.1, 0.15) is 5.82 Å². The van der Waals surface area contributed by atoms with Crippen LogP contribution in [0.25, 0.3) is 22.5 Å². The maximum Gasteiger partial charge on any atom is 0.169 e. The van der Waals surface area contributed by atoms with Crippen LogP contribution in [0.2, 0.25) is 0 Å². The van der Waals surface area contributed by atoms with E-state index in [0.717, 1.165) is 46.4 Å². The SMILES string of the molecule is CCCn1c(SCc2ccc(C)cc2)nc(-c2ccc(F)cc2)c1-c1ccncc1. The van der Waals surface area contributed by atoms with Crippen LogP contribution in [0.5, 0.6) is 0 Å². The molecule has 0 saturated carbocycles. The summed E-state index contributed by atoms with van der Waals surface area (Å²) < 4.78 is 15.8. The monoisotopic (exact) mass is 417 g/mol. The molecule has 0 saturated heterocycles. The van der Waals surface area contributed by atoms with Crippen LogP contribution in [0.15, 0.2) is 78.2 Å². The summed E-state index contributed by atoms with van der Waals surface area (Å²) in [5, 5.41) is 0.976. The van der Waals surface area contributed by atoms with Crippen LogP contribution >= 0.6 is 11.8 Å². The average molecular weight is 418 g/mol. The van der Waals surface area contributed by atoms with E-state index in [1.54, 1.807) is 36.3 Å². The molecular weight excluding hydrogens is 393 g/mol. The van der Waals surface area contributed by atoms with E-state index in [1.165, 1.54) is 23.3 Å². The van der Waals surface area contributed by atoms with E-state index in [9.17, 15) is 4.39 Å². The Labute approximate surface area is 181 Å². The highest BCUT2D eigenvalue weighted by atomic mass is 32.2. The number of nitrogens with zero attached hydrogens (tertiary/aromatic N) is 3. The Bertz CT molecular complexity index is 1100. The molecule has 2 aromatic heterocycles. The summed E-state index contributed by atoms with van der Waals surface area (Å²) in [4.78, 5) is 9.19. The molecule has 2 heterocycles. The summed E-state index contributed by atoms with van der Waals surface area (Å²) in [5.41, 5.74) is 6.43. The largest absolute Gasteiger partial charge is 0.318 e. The third-order valence-electron chi connectivity index (χ3n) is 4.94. The first kappa shape index (κ1) is 20.4. The molecule has 0 atom stereocenters. The highest BCUT2D eigenvalue weighted by molar-refractivity contribution is 7.98. The van der Waals surface area contributed by atoms with E-state index < -0.39 is 0 Å². The molecule has 0 fully saturated rings. The molecule has 3 nitrogen and oxygen atoms in total. The van der Waals surface area contributed by atoms with Gasteiger partial charge >= 0.3 is 0 Å². The predicted molar refractivity (Wildman–Crippen MR) is 122 cm³/mol. The third kappa shape index (κ3) is 4.46. The van der Waals surface area contributed by atoms with Gasteiger partial charge in [-0.15, -0.1) is 0 Å². The molecule has 5 heteroatoms. The number of pyridine rings is 1. The van der Waals surface area contributed by atoms with Crippen LogP contribution < -0.4 is 0 Å². The summed E-state index contributed by atoms with van der Waals surface area (Å²) in [6.07, 6.45) is 4.59. The number of aryl methyl sites for hydroxylation is 1. The van der Waals surface area contributed by atoms with Crippen LogP contribution in [0.1, 0.15) is 24.5 Å². The van der Waals surface area contributed by atoms with Gasteiger partial charge in [-0.2, -0.15) is 0 Å². The van der Waals surface area contributed by atoms with Crippen molar-refractivity contribution in [1.29, 1.82) is 0 Å². The molecule has 0 unspecified atom stereocenters. The van der Waals surface area contributed by atoms with E-state index in [-0.39, 0.29) is 5.82 Å². The van der Waals surface area contributed by atoms with Gasteiger partial charge in [-0.3, -0.25) is 4.98 Å². The lowest BCUT2D eigenvalue weighted by Crippen LogP contribution is -2.02. The van der Waals surface area contributed by atoms with Crippen molar-refractivity contribution in [2.45, 2.75) is 37.7 Å². The number of rotatable bonds is 7. The van der Waals surface area contributed by atoms with E-state index in [0.29, 0.717) is 0 Å². The number of halogens is 1. The maximum absolute atomic E-state index is 13.5. The second kappa shape index (κ2) is 9.26. The molecule has 30 heavy (non-hydrogen) atoms. The molecule has 152 valence electrons. The van der Waals surface area contributed by atoms with E-state index in [2.05, 4.69) is 47.7 Å². The lowest BCUT2D eigenvalue weighted by atomic mass is 10.1. The highest BCUT2D eigenvalue weighted by Gasteiger charge is 2.20. The number of hydrogen-bond donors (Lipinski definition) is 0. The molecule has 0 spiro atoms. The minimum atomic E-state index is -0.244. The zero-order valence-electron chi connectivity index (χ0n) is 17.2. The van der Waals surface area contributed by atoms with Crippen LogP contribution in [0.4, 0.5) is 4.39 Å². The number of aromatic nitrogens is 3. The van der Waals surface area contributed by atoms with Gasteiger partial charge in [0.15, 0.2) is 5.16 Å². The van der Waals surface area contributed by atoms with Crippen molar-refractivity contribution in [2.75, 3.05) is 0 Å². The molecule has 4 rings (SSSR count). The van der Waals surface area contributed by atoms with Crippen LogP contribution in [0.3, 0.4) is 0 Å². The number of imidazole rings is 1. The lowest BCUT2D eigenvalue weighted by molar-refractivity contribution is 0.626. The fourth-order valence-electron chi connectivity index (χ4n) is 3.42. The summed E-state index contributed by atoms with van der Waals surface area (Å²) in [6.45, 7) is 5.13. The summed E-state index contributed by atoms with van der Waals surface area (Å²) in [6, 6.07) is 19.2. The quantitative estimate of drug-likeness (QED) is 0.311. The lowest BCUT2D eigenvalue weighted by Gasteiger charge is -2.12. The molecule has 4 aromatic rings. The Kier molecular flexibility index (Phi) is 6.29. The zero-order valence-corrected chi connectivity index (χ0v) is 18.0. The standard InChI is InChI=1S/C25H24FN3S/c1-3-16-29-24(21-12-14-27-15-13-21)23(20-8-10-22(26)11-9-20)28-25(29)30-17-19-6-4-18(2)5-7-19/h4-15H,3,16-17H2,1-2H3. The zero-order chi connectivity index (χ0) is 20.9. The summed E-state index contributed by atoms with van der Waals surface area (Å²) >= 11 is 1.74. The fourth-order valence-corrected chi connectivity index (χ4v) is 4.40. The maximum atomic E-state index is 13.5. The van der Waals surface area contributed by atoms with E-state index in [1.807, 2.05) is 12.1 Å². The van der Waals surface area contributed by atoms with Gasteiger partial charge < -0.3 is 4.57 Å². The highest BCUT2D eigenvalue weighted by Crippen LogP contribution is 2.37. The van der Waals surface area contributed by atoms with Gasteiger partial charge in [0.05, 0.1) is 11.4 Å². The van der Waals surface area contributed by atoms with Crippen molar-refractivity contribution in [2.24, 2.45) is 0 Å². The second-order valence-electron chi connectivity index (χ2n) is 7.26. The van der Waals surface area contributed by atoms with Crippen molar-refractivity contribution in [1.82, 2.24) is 14.5 Å². The van der Waals surface area contributed by atoms with Crippen LogP contribution in [0, 0.1) is 12.7 Å². The molecule has 0 N–H and O–H groups in total. The molecule has 0 amide bonds. The molecule has 2 aromatic carbocycles. The molecular formula is C25H24FN3S. The van der Waals surface area contributed by atoms with Gasteiger partial charge in [-0.05, 0) is 55.3 Å². The third-order valence-corrected chi connectivity index (χ3v) is 5.99. The van der Waals surface area contributed by atoms with Gasteiger partial charge in [0.2, 0.25) is 0 Å². The summed E-state index contributed by atoms with van der Waals surface area (Å²) in [7, 11) is 0. The smallest absolute Gasteiger partial charge is 0.169 e. The number of benzene rings is 2. The van der Waals surface area contributed by atoms with Crippen molar-refractivity contribution in [3.05, 3.63) is 90.0 Å². The summed E-state index contributed by atoms with van der Waals surface area (Å²) in [5.74, 6) is 0.603. The first-order valence-electron chi connectivity index (χ1n) is 10.1. The molecule has 0 aliphatic rings. The van der Waals surface area contributed by atoms with Crippen molar-refractivity contribution in [3.63, 3.8) is 0 Å².